The third-order valence-electron chi connectivity index (χ3n) is 3.31. The number of methoxy groups -OCH3 is 1. The van der Waals surface area contributed by atoms with Gasteiger partial charge in [0, 0.05) is 19.2 Å². The fraction of sp³-hybridized carbons (Fsp3) is 0.571. The van der Waals surface area contributed by atoms with E-state index in [1.54, 1.807) is 13.2 Å². The lowest BCUT2D eigenvalue weighted by molar-refractivity contribution is -0.0462. The van der Waals surface area contributed by atoms with Crippen LogP contribution in [0.5, 0.6) is 11.5 Å². The number of rotatable bonds is 5. The second kappa shape index (κ2) is 6.63. The van der Waals surface area contributed by atoms with Crippen LogP contribution in [0.15, 0.2) is 18.2 Å². The van der Waals surface area contributed by atoms with Crippen molar-refractivity contribution in [2.45, 2.75) is 13.0 Å². The summed E-state index contributed by atoms with van der Waals surface area (Å²) in [5.74, 6) is 1.41. The first kappa shape index (κ1) is 14.0. The summed E-state index contributed by atoms with van der Waals surface area (Å²) in [5.41, 5.74) is 6.50. The van der Waals surface area contributed by atoms with Gasteiger partial charge < -0.3 is 19.9 Å². The minimum atomic E-state index is 0.107. The molecule has 1 fully saturated rings. The van der Waals surface area contributed by atoms with Crippen LogP contribution in [-0.2, 0) is 4.74 Å². The predicted octanol–water partition coefficient (Wildman–Crippen LogP) is 1.38. The molecular weight excluding hydrogens is 244 g/mol. The van der Waals surface area contributed by atoms with Gasteiger partial charge in [0.05, 0.1) is 19.4 Å². The van der Waals surface area contributed by atoms with Crippen LogP contribution in [0.3, 0.4) is 0 Å². The first-order chi connectivity index (χ1) is 9.22. The molecule has 5 heteroatoms. The number of likely N-dealkylation sites (N-methyl/N-ethyl adjacent to an activating group) is 1. The van der Waals surface area contributed by atoms with Gasteiger partial charge in [0.1, 0.15) is 24.2 Å². The van der Waals surface area contributed by atoms with Crippen LogP contribution in [0.2, 0.25) is 0 Å². The SMILES string of the molecule is CCN1CCOC(COc2ccc(OC)cc2N)C1. The molecule has 19 heavy (non-hydrogen) atoms. The van der Waals surface area contributed by atoms with E-state index in [9.17, 15) is 0 Å². The van der Waals surface area contributed by atoms with E-state index in [1.807, 2.05) is 12.1 Å². The van der Waals surface area contributed by atoms with E-state index >= 15 is 0 Å². The van der Waals surface area contributed by atoms with E-state index in [0.717, 1.165) is 32.0 Å². The number of morpholine rings is 1. The van der Waals surface area contributed by atoms with E-state index in [4.69, 9.17) is 19.9 Å². The van der Waals surface area contributed by atoms with Crippen LogP contribution in [0.1, 0.15) is 6.92 Å². The van der Waals surface area contributed by atoms with Gasteiger partial charge in [0.25, 0.3) is 0 Å². The molecule has 0 aliphatic carbocycles. The van der Waals surface area contributed by atoms with Crippen LogP contribution in [-0.4, -0.2) is 51.0 Å². The second-order valence-corrected chi connectivity index (χ2v) is 4.60. The molecule has 1 heterocycles. The van der Waals surface area contributed by atoms with E-state index in [2.05, 4.69) is 11.8 Å². The van der Waals surface area contributed by atoms with Crippen molar-refractivity contribution in [3.05, 3.63) is 18.2 Å². The van der Waals surface area contributed by atoms with Crippen molar-refractivity contribution in [1.82, 2.24) is 4.90 Å². The van der Waals surface area contributed by atoms with Gasteiger partial charge in [-0.25, -0.2) is 0 Å². The fourth-order valence-corrected chi connectivity index (χ4v) is 2.14. The number of hydrogen-bond acceptors (Lipinski definition) is 5. The summed E-state index contributed by atoms with van der Waals surface area (Å²) in [7, 11) is 1.62. The Morgan fingerprint density at radius 1 is 1.47 bits per heavy atom. The molecule has 0 amide bonds. The monoisotopic (exact) mass is 266 g/mol. The third-order valence-corrected chi connectivity index (χ3v) is 3.31. The first-order valence-corrected chi connectivity index (χ1v) is 6.63. The van der Waals surface area contributed by atoms with Gasteiger partial charge in [0.2, 0.25) is 0 Å². The molecule has 1 aromatic rings. The minimum absolute atomic E-state index is 0.107. The van der Waals surface area contributed by atoms with Crippen molar-refractivity contribution < 1.29 is 14.2 Å². The summed E-state index contributed by atoms with van der Waals surface area (Å²) in [6.45, 7) is 6.40. The van der Waals surface area contributed by atoms with Gasteiger partial charge in [-0.3, -0.25) is 4.90 Å². The maximum atomic E-state index is 5.91. The average molecular weight is 266 g/mol. The molecule has 1 aromatic carbocycles. The van der Waals surface area contributed by atoms with Crippen LogP contribution in [0.25, 0.3) is 0 Å². The summed E-state index contributed by atoms with van der Waals surface area (Å²) < 4.78 is 16.5. The molecule has 1 aliphatic heterocycles. The van der Waals surface area contributed by atoms with Crippen molar-refractivity contribution in [3.8, 4) is 11.5 Å². The number of anilines is 1. The molecule has 0 radical (unpaired) electrons. The molecule has 1 atom stereocenters. The average Bonchev–Trinajstić information content (AvgIpc) is 2.46. The first-order valence-electron chi connectivity index (χ1n) is 6.63. The Kier molecular flexibility index (Phi) is 4.87. The summed E-state index contributed by atoms with van der Waals surface area (Å²) in [4.78, 5) is 2.36. The van der Waals surface area contributed by atoms with Crippen LogP contribution in [0.4, 0.5) is 5.69 Å². The highest BCUT2D eigenvalue weighted by atomic mass is 16.5. The van der Waals surface area contributed by atoms with Crippen molar-refractivity contribution >= 4 is 5.69 Å². The molecule has 1 unspecified atom stereocenters. The lowest BCUT2D eigenvalue weighted by atomic mass is 10.2. The summed E-state index contributed by atoms with van der Waals surface area (Å²) >= 11 is 0. The number of nitrogen functional groups attached to an aromatic ring is 1. The zero-order valence-corrected chi connectivity index (χ0v) is 11.6. The maximum absolute atomic E-state index is 5.91. The fourth-order valence-electron chi connectivity index (χ4n) is 2.14. The zero-order valence-electron chi connectivity index (χ0n) is 11.6. The number of ether oxygens (including phenoxy) is 3. The zero-order chi connectivity index (χ0) is 13.7. The molecule has 106 valence electrons. The van der Waals surface area contributed by atoms with Crippen LogP contribution < -0.4 is 15.2 Å². The predicted molar refractivity (Wildman–Crippen MR) is 74.8 cm³/mol. The van der Waals surface area contributed by atoms with E-state index in [1.165, 1.54) is 0 Å². The summed E-state index contributed by atoms with van der Waals surface area (Å²) in [6.07, 6.45) is 0.107. The largest absolute Gasteiger partial charge is 0.497 e. The summed E-state index contributed by atoms with van der Waals surface area (Å²) in [5, 5.41) is 0. The topological polar surface area (TPSA) is 57.0 Å². The Morgan fingerprint density at radius 3 is 3.00 bits per heavy atom. The summed E-state index contributed by atoms with van der Waals surface area (Å²) in [6, 6.07) is 5.43. The normalized spacial score (nSPS) is 20.2. The Hall–Kier alpha value is -1.46. The minimum Gasteiger partial charge on any atom is -0.497 e. The smallest absolute Gasteiger partial charge is 0.142 e. The van der Waals surface area contributed by atoms with Gasteiger partial charge in [0.15, 0.2) is 0 Å². The molecule has 0 saturated carbocycles. The number of hydrogen-bond donors (Lipinski definition) is 1. The second-order valence-electron chi connectivity index (χ2n) is 4.60. The lowest BCUT2D eigenvalue weighted by Crippen LogP contribution is -2.44. The van der Waals surface area contributed by atoms with Gasteiger partial charge in [-0.2, -0.15) is 0 Å². The third kappa shape index (κ3) is 3.75. The Labute approximate surface area is 114 Å². The standard InChI is InChI=1S/C14H22N2O3/c1-3-16-6-7-18-12(9-16)10-19-14-5-4-11(17-2)8-13(14)15/h4-5,8,12H,3,6-7,9-10,15H2,1-2H3. The van der Waals surface area contributed by atoms with E-state index < -0.39 is 0 Å². The van der Waals surface area contributed by atoms with Gasteiger partial charge >= 0.3 is 0 Å². The Morgan fingerprint density at radius 2 is 2.32 bits per heavy atom. The van der Waals surface area contributed by atoms with Crippen molar-refractivity contribution in [3.63, 3.8) is 0 Å². The molecule has 5 nitrogen and oxygen atoms in total. The molecular formula is C14H22N2O3. The molecule has 0 bridgehead atoms. The molecule has 2 rings (SSSR count). The highest BCUT2D eigenvalue weighted by Crippen LogP contribution is 2.26. The molecule has 0 spiro atoms. The molecule has 1 aliphatic rings. The van der Waals surface area contributed by atoms with Crippen molar-refractivity contribution in [2.24, 2.45) is 0 Å². The van der Waals surface area contributed by atoms with Crippen molar-refractivity contribution in [1.29, 1.82) is 0 Å². The van der Waals surface area contributed by atoms with Crippen molar-refractivity contribution in [2.75, 3.05) is 45.7 Å². The Balaban J connectivity index is 1.88. The van der Waals surface area contributed by atoms with Crippen LogP contribution >= 0.6 is 0 Å². The Bertz CT molecular complexity index is 412. The van der Waals surface area contributed by atoms with E-state index in [0.29, 0.717) is 18.0 Å². The highest BCUT2D eigenvalue weighted by Gasteiger charge is 2.20. The van der Waals surface area contributed by atoms with Gasteiger partial charge in [-0.15, -0.1) is 0 Å². The quantitative estimate of drug-likeness (QED) is 0.816. The molecule has 2 N–H and O–H groups in total. The molecule has 0 aromatic heterocycles. The number of nitrogens with two attached hydrogens (primary N) is 1. The van der Waals surface area contributed by atoms with E-state index in [-0.39, 0.29) is 6.10 Å². The highest BCUT2D eigenvalue weighted by molar-refractivity contribution is 5.56. The number of benzene rings is 1. The maximum Gasteiger partial charge on any atom is 0.142 e. The lowest BCUT2D eigenvalue weighted by Gasteiger charge is -2.31. The van der Waals surface area contributed by atoms with Crippen LogP contribution in [0, 0.1) is 0 Å². The van der Waals surface area contributed by atoms with Gasteiger partial charge in [-0.05, 0) is 18.7 Å². The molecule has 1 saturated heterocycles. The number of nitrogens with zero attached hydrogens (tertiary/aromatic N) is 1. The van der Waals surface area contributed by atoms with Gasteiger partial charge in [-0.1, -0.05) is 6.92 Å².